The topological polar surface area (TPSA) is 89.7 Å². The number of hydrogen-bond acceptors (Lipinski definition) is 5. The zero-order valence-corrected chi connectivity index (χ0v) is 19.0. The molecule has 0 radical (unpaired) electrons. The van der Waals surface area contributed by atoms with E-state index in [9.17, 15) is 9.59 Å². The second kappa shape index (κ2) is 8.63. The van der Waals surface area contributed by atoms with Crippen molar-refractivity contribution in [3.8, 4) is 11.5 Å². The molecule has 0 bridgehead atoms. The largest absolute Gasteiger partial charge is 0.486 e. The average molecular weight is 487 g/mol. The molecule has 0 aliphatic carbocycles. The summed E-state index contributed by atoms with van der Waals surface area (Å²) in [6.45, 7) is 6.40. The third-order valence-corrected chi connectivity index (χ3v) is 6.28. The normalized spacial score (nSPS) is 14.7. The second-order valence-corrected chi connectivity index (χ2v) is 8.31. The van der Waals surface area contributed by atoms with E-state index in [2.05, 4.69) is 26.2 Å². The summed E-state index contributed by atoms with van der Waals surface area (Å²) in [5.41, 5.74) is 3.04. The summed E-state index contributed by atoms with van der Waals surface area (Å²) in [5.74, 6) is 0.375. The molecule has 2 heterocycles. The molecule has 7 nitrogen and oxygen atoms in total. The Morgan fingerprint density at radius 1 is 1.10 bits per heavy atom. The minimum atomic E-state index is -0.955. The van der Waals surface area contributed by atoms with Crippen LogP contribution in [0, 0.1) is 6.92 Å². The summed E-state index contributed by atoms with van der Waals surface area (Å²) in [7, 11) is 0. The number of aryl methyl sites for hydroxylation is 1. The number of benzene rings is 2. The molecule has 2 N–H and O–H groups in total. The number of nitrogens with one attached hydrogen (secondary N) is 2. The molecule has 8 heteroatoms. The number of hydrogen-bond donors (Lipinski definition) is 2. The van der Waals surface area contributed by atoms with Crippen LogP contribution in [0.3, 0.4) is 0 Å². The number of carbonyl (C=O) groups is 2. The standard InChI is InChI=1S/C23H23BrN2O5/c1-12-4-6-17-16(21(12)24)11-18(26-17)23(28)31-14(3)22(27)25-13(2)15-5-7-19-20(10-15)30-9-8-29-19/h4-7,10-11,13-14,26H,8-9H2,1-3H3,(H,25,27). The van der Waals surface area contributed by atoms with E-state index in [0.717, 1.165) is 26.5 Å². The van der Waals surface area contributed by atoms with Crippen molar-refractivity contribution in [3.05, 3.63) is 57.7 Å². The van der Waals surface area contributed by atoms with E-state index >= 15 is 0 Å². The number of rotatable bonds is 5. The summed E-state index contributed by atoms with van der Waals surface area (Å²) < 4.78 is 17.4. The van der Waals surface area contributed by atoms with Gasteiger partial charge in [0.05, 0.1) is 6.04 Å². The van der Waals surface area contributed by atoms with Crippen molar-refractivity contribution in [3.63, 3.8) is 0 Å². The summed E-state index contributed by atoms with van der Waals surface area (Å²) in [6, 6.07) is 10.8. The van der Waals surface area contributed by atoms with Crippen LogP contribution in [0.2, 0.25) is 0 Å². The number of halogens is 1. The summed E-state index contributed by atoms with van der Waals surface area (Å²) in [6.07, 6.45) is -0.955. The van der Waals surface area contributed by atoms with E-state index in [1.807, 2.05) is 44.2 Å². The number of H-pyrrole nitrogens is 1. The van der Waals surface area contributed by atoms with Crippen LogP contribution < -0.4 is 14.8 Å². The minimum absolute atomic E-state index is 0.292. The van der Waals surface area contributed by atoms with Gasteiger partial charge in [0.1, 0.15) is 18.9 Å². The van der Waals surface area contributed by atoms with Crippen LogP contribution in [0.15, 0.2) is 40.9 Å². The lowest BCUT2D eigenvalue weighted by atomic mass is 10.1. The fourth-order valence-electron chi connectivity index (χ4n) is 3.41. The first kappa shape index (κ1) is 21.2. The van der Waals surface area contributed by atoms with Gasteiger partial charge in [0.15, 0.2) is 17.6 Å². The van der Waals surface area contributed by atoms with Crippen molar-refractivity contribution in [2.24, 2.45) is 0 Å². The first-order chi connectivity index (χ1) is 14.8. The number of aromatic amines is 1. The highest BCUT2D eigenvalue weighted by Gasteiger charge is 2.23. The molecule has 0 fully saturated rings. The molecule has 31 heavy (non-hydrogen) atoms. The van der Waals surface area contributed by atoms with Gasteiger partial charge in [0.25, 0.3) is 5.91 Å². The van der Waals surface area contributed by atoms with E-state index in [0.29, 0.717) is 30.4 Å². The molecule has 2 unspecified atom stereocenters. The smallest absolute Gasteiger partial charge is 0.355 e. The zero-order valence-electron chi connectivity index (χ0n) is 17.5. The maximum absolute atomic E-state index is 12.6. The van der Waals surface area contributed by atoms with Crippen LogP contribution in [-0.2, 0) is 9.53 Å². The van der Waals surface area contributed by atoms with Gasteiger partial charge >= 0.3 is 5.97 Å². The molecule has 0 saturated heterocycles. The first-order valence-electron chi connectivity index (χ1n) is 10.0. The molecular weight excluding hydrogens is 464 g/mol. The van der Waals surface area contributed by atoms with Crippen LogP contribution in [0.25, 0.3) is 10.9 Å². The number of amides is 1. The maximum Gasteiger partial charge on any atom is 0.355 e. The van der Waals surface area contributed by atoms with Crippen LogP contribution in [-0.4, -0.2) is 36.2 Å². The molecule has 3 aromatic rings. The highest BCUT2D eigenvalue weighted by molar-refractivity contribution is 9.10. The van der Waals surface area contributed by atoms with Gasteiger partial charge in [0.2, 0.25) is 0 Å². The van der Waals surface area contributed by atoms with Crippen molar-refractivity contribution >= 4 is 38.7 Å². The molecule has 0 saturated carbocycles. The van der Waals surface area contributed by atoms with E-state index in [1.54, 1.807) is 13.0 Å². The summed E-state index contributed by atoms with van der Waals surface area (Å²) >= 11 is 3.54. The highest BCUT2D eigenvalue weighted by atomic mass is 79.9. The number of ether oxygens (including phenoxy) is 3. The number of fused-ring (bicyclic) bond motifs is 2. The fraction of sp³-hybridized carbons (Fsp3) is 0.304. The summed E-state index contributed by atoms with van der Waals surface area (Å²) in [4.78, 5) is 28.2. The Hall–Kier alpha value is -3.00. The molecule has 1 amide bonds. The van der Waals surface area contributed by atoms with E-state index in [1.165, 1.54) is 0 Å². The Balaban J connectivity index is 1.40. The Morgan fingerprint density at radius 3 is 2.61 bits per heavy atom. The lowest BCUT2D eigenvalue weighted by Gasteiger charge is -2.22. The third kappa shape index (κ3) is 4.39. The Labute approximate surface area is 188 Å². The predicted octanol–water partition coefficient (Wildman–Crippen LogP) is 4.43. The van der Waals surface area contributed by atoms with E-state index in [4.69, 9.17) is 14.2 Å². The average Bonchev–Trinajstić information content (AvgIpc) is 3.21. The van der Waals surface area contributed by atoms with Gasteiger partial charge in [-0.15, -0.1) is 0 Å². The lowest BCUT2D eigenvalue weighted by molar-refractivity contribution is -0.129. The van der Waals surface area contributed by atoms with Crippen LogP contribution >= 0.6 is 15.9 Å². The molecule has 0 spiro atoms. The third-order valence-electron chi connectivity index (χ3n) is 5.23. The SMILES string of the molecule is Cc1ccc2[nH]c(C(=O)OC(C)C(=O)NC(C)c3ccc4c(c3)OCCO4)cc2c1Br. The Bertz CT molecular complexity index is 1160. The van der Waals surface area contributed by atoms with Gasteiger partial charge in [-0.2, -0.15) is 0 Å². The quantitative estimate of drug-likeness (QED) is 0.520. The van der Waals surface area contributed by atoms with Crippen LogP contribution in [0.4, 0.5) is 0 Å². The molecule has 1 aliphatic rings. The monoisotopic (exact) mass is 486 g/mol. The van der Waals surface area contributed by atoms with E-state index < -0.39 is 12.1 Å². The maximum atomic E-state index is 12.6. The minimum Gasteiger partial charge on any atom is -0.486 e. The van der Waals surface area contributed by atoms with Crippen molar-refractivity contribution in [1.29, 1.82) is 0 Å². The van der Waals surface area contributed by atoms with Crippen LogP contribution in [0.5, 0.6) is 11.5 Å². The highest BCUT2D eigenvalue weighted by Crippen LogP contribution is 2.32. The van der Waals surface area contributed by atoms with Crippen molar-refractivity contribution in [2.45, 2.75) is 32.9 Å². The molecule has 2 atom stereocenters. The Morgan fingerprint density at radius 2 is 1.84 bits per heavy atom. The van der Waals surface area contributed by atoms with Gasteiger partial charge in [-0.3, -0.25) is 4.79 Å². The predicted molar refractivity (Wildman–Crippen MR) is 120 cm³/mol. The summed E-state index contributed by atoms with van der Waals surface area (Å²) in [5, 5.41) is 3.76. The van der Waals surface area contributed by atoms with Gasteiger partial charge in [-0.1, -0.05) is 12.1 Å². The van der Waals surface area contributed by atoms with Gasteiger partial charge < -0.3 is 24.5 Å². The Kier molecular flexibility index (Phi) is 5.91. The fourth-order valence-corrected chi connectivity index (χ4v) is 3.87. The number of esters is 1. The molecule has 4 rings (SSSR count). The van der Waals surface area contributed by atoms with Gasteiger partial charge in [0, 0.05) is 15.4 Å². The lowest BCUT2D eigenvalue weighted by Crippen LogP contribution is -2.37. The molecular formula is C23H23BrN2O5. The number of carbonyl (C=O) groups excluding carboxylic acids is 2. The molecule has 1 aromatic heterocycles. The number of aromatic nitrogens is 1. The second-order valence-electron chi connectivity index (χ2n) is 7.52. The molecule has 162 valence electrons. The molecule has 2 aromatic carbocycles. The van der Waals surface area contributed by atoms with Crippen LogP contribution in [0.1, 0.15) is 41.5 Å². The first-order valence-corrected chi connectivity index (χ1v) is 10.8. The van der Waals surface area contributed by atoms with Gasteiger partial charge in [-0.05, 0) is 72.1 Å². The van der Waals surface area contributed by atoms with E-state index in [-0.39, 0.29) is 11.9 Å². The van der Waals surface area contributed by atoms with Crippen molar-refractivity contribution in [2.75, 3.05) is 13.2 Å². The van der Waals surface area contributed by atoms with Gasteiger partial charge in [-0.25, -0.2) is 4.79 Å². The zero-order chi connectivity index (χ0) is 22.1. The van der Waals surface area contributed by atoms with Crippen molar-refractivity contribution < 1.29 is 23.8 Å². The molecule has 1 aliphatic heterocycles. The van der Waals surface area contributed by atoms with Crippen molar-refractivity contribution in [1.82, 2.24) is 10.3 Å².